The molecule has 5 heteroatoms. The molecule has 1 heterocycles. The molecule has 1 atom stereocenters. The number of hydrogen-bond donors (Lipinski definition) is 3. The van der Waals surface area contributed by atoms with Crippen LogP contribution < -0.4 is 5.73 Å². The van der Waals surface area contributed by atoms with Gasteiger partial charge < -0.3 is 19.7 Å². The molecule has 0 aromatic carbocycles. The first-order valence-corrected chi connectivity index (χ1v) is 3.85. The van der Waals surface area contributed by atoms with Crippen molar-refractivity contribution in [3.8, 4) is 0 Å². The van der Waals surface area contributed by atoms with Crippen molar-refractivity contribution in [2.75, 3.05) is 6.61 Å². The third-order valence-corrected chi connectivity index (χ3v) is 1.57. The van der Waals surface area contributed by atoms with Crippen LogP contribution >= 0.6 is 0 Å². The summed E-state index contributed by atoms with van der Waals surface area (Å²) in [6.07, 6.45) is -0.821. The molecule has 1 aliphatic rings. The molecule has 72 valence electrons. The number of rotatable bonds is 3. The van der Waals surface area contributed by atoms with Crippen molar-refractivity contribution in [3.05, 3.63) is 0 Å². The highest BCUT2D eigenvalue weighted by Crippen LogP contribution is 2.36. The van der Waals surface area contributed by atoms with E-state index in [4.69, 9.17) is 25.4 Å². The maximum absolute atomic E-state index is 9.04. The summed E-state index contributed by atoms with van der Waals surface area (Å²) in [4.78, 5) is 0. The monoisotopic (exact) mass is 177 g/mol. The number of aliphatic hydroxyl groups excluding tert-OH is 2. The van der Waals surface area contributed by atoms with Gasteiger partial charge in [-0.2, -0.15) is 0 Å². The van der Waals surface area contributed by atoms with Gasteiger partial charge in [-0.1, -0.05) is 0 Å². The normalized spacial score (nSPS) is 27.8. The minimum absolute atomic E-state index is 0.0763. The highest BCUT2D eigenvalue weighted by atomic mass is 16.9. The Morgan fingerprint density at radius 3 is 2.25 bits per heavy atom. The van der Waals surface area contributed by atoms with Gasteiger partial charge in [-0.05, 0) is 13.8 Å². The van der Waals surface area contributed by atoms with Gasteiger partial charge in [0.1, 0.15) is 0 Å². The lowest BCUT2D eigenvalue weighted by Crippen LogP contribution is -2.66. The molecular weight excluding hydrogens is 162 g/mol. The summed E-state index contributed by atoms with van der Waals surface area (Å²) in [6.45, 7) is 3.11. The second-order valence-electron chi connectivity index (χ2n) is 3.46. The Morgan fingerprint density at radius 1 is 1.42 bits per heavy atom. The van der Waals surface area contributed by atoms with E-state index in [2.05, 4.69) is 0 Å². The number of nitrogens with two attached hydrogens (primary N) is 1. The summed E-state index contributed by atoms with van der Waals surface area (Å²) in [6, 6.07) is 0. The number of hydrogen-bond acceptors (Lipinski definition) is 5. The molecule has 0 spiro atoms. The Balaban J connectivity index is 2.35. The predicted molar refractivity (Wildman–Crippen MR) is 40.9 cm³/mol. The molecule has 0 radical (unpaired) electrons. The lowest BCUT2D eigenvalue weighted by atomic mass is 10.1. The van der Waals surface area contributed by atoms with E-state index >= 15 is 0 Å². The van der Waals surface area contributed by atoms with E-state index in [0.29, 0.717) is 0 Å². The summed E-state index contributed by atoms with van der Waals surface area (Å²) in [5, 5.41) is 17.6. The molecule has 5 nitrogen and oxygen atoms in total. The largest absolute Gasteiger partial charge is 0.394 e. The van der Waals surface area contributed by atoms with Crippen LogP contribution in [-0.2, 0) is 9.47 Å². The molecule has 0 amide bonds. The number of ether oxygens (including phenoxy) is 2. The Kier molecular flexibility index (Phi) is 2.42. The van der Waals surface area contributed by atoms with E-state index in [1.807, 2.05) is 0 Å². The highest BCUT2D eigenvalue weighted by molar-refractivity contribution is 4.80. The highest BCUT2D eigenvalue weighted by Gasteiger charge is 2.50. The van der Waals surface area contributed by atoms with Gasteiger partial charge in [-0.25, -0.2) is 0 Å². The topological polar surface area (TPSA) is 84.9 Å². The summed E-state index contributed by atoms with van der Waals surface area (Å²) < 4.78 is 10.3. The van der Waals surface area contributed by atoms with Crippen LogP contribution in [0.15, 0.2) is 0 Å². The molecule has 0 aromatic rings. The molecule has 1 fully saturated rings. The minimum atomic E-state index is -1.23. The van der Waals surface area contributed by atoms with E-state index in [1.165, 1.54) is 0 Å². The smallest absolute Gasteiger partial charge is 0.232 e. The quantitative estimate of drug-likeness (QED) is 0.521. The van der Waals surface area contributed by atoms with Gasteiger partial charge >= 0.3 is 0 Å². The maximum atomic E-state index is 9.04. The Labute approximate surface area is 71.1 Å². The van der Waals surface area contributed by atoms with E-state index in [-0.39, 0.29) is 13.0 Å². The predicted octanol–water partition coefficient (Wildman–Crippen LogP) is -0.875. The molecule has 0 aromatic heterocycles. The molecule has 1 rings (SSSR count). The van der Waals surface area contributed by atoms with Gasteiger partial charge in [0.15, 0.2) is 5.79 Å². The summed E-state index contributed by atoms with van der Waals surface area (Å²) in [7, 11) is 0. The second kappa shape index (κ2) is 2.93. The molecule has 1 aliphatic heterocycles. The van der Waals surface area contributed by atoms with E-state index in [9.17, 15) is 0 Å². The Morgan fingerprint density at radius 2 is 1.92 bits per heavy atom. The molecule has 4 N–H and O–H groups in total. The van der Waals surface area contributed by atoms with Crippen LogP contribution in [0.25, 0.3) is 0 Å². The summed E-state index contributed by atoms with van der Waals surface area (Å²) in [5.74, 6) is -1.91. The van der Waals surface area contributed by atoms with Gasteiger partial charge in [-0.3, -0.25) is 5.73 Å². The van der Waals surface area contributed by atoms with Crippen molar-refractivity contribution in [3.63, 3.8) is 0 Å². The third-order valence-electron chi connectivity index (χ3n) is 1.57. The Hall–Kier alpha value is -0.200. The van der Waals surface area contributed by atoms with E-state index in [1.54, 1.807) is 13.8 Å². The van der Waals surface area contributed by atoms with Gasteiger partial charge in [0.25, 0.3) is 0 Å². The zero-order valence-corrected chi connectivity index (χ0v) is 7.28. The number of aliphatic hydroxyl groups is 2. The standard InChI is InChI=1S/C7H15NO4/c1-6(2)11-7(8,12-6)3-5(10)4-9/h5,9-10H,3-4,8H2,1-2H3. The second-order valence-corrected chi connectivity index (χ2v) is 3.46. The van der Waals surface area contributed by atoms with Crippen molar-refractivity contribution in [1.29, 1.82) is 0 Å². The average Bonchev–Trinajstić information content (AvgIpc) is 1.82. The van der Waals surface area contributed by atoms with Crippen LogP contribution in [-0.4, -0.2) is 34.6 Å². The first-order chi connectivity index (χ1) is 5.37. The average molecular weight is 177 g/mol. The first kappa shape index (κ1) is 9.88. The fraction of sp³-hybridized carbons (Fsp3) is 1.00. The van der Waals surface area contributed by atoms with Crippen LogP contribution in [0.4, 0.5) is 0 Å². The molecule has 1 saturated heterocycles. The van der Waals surface area contributed by atoms with Gasteiger partial charge in [0, 0.05) is 6.42 Å². The van der Waals surface area contributed by atoms with Crippen LogP contribution in [0.2, 0.25) is 0 Å². The van der Waals surface area contributed by atoms with Crippen LogP contribution in [0, 0.1) is 0 Å². The summed E-state index contributed by atoms with van der Waals surface area (Å²) >= 11 is 0. The van der Waals surface area contributed by atoms with Crippen LogP contribution in [0.5, 0.6) is 0 Å². The van der Waals surface area contributed by atoms with Crippen molar-refractivity contribution in [2.24, 2.45) is 5.73 Å². The van der Waals surface area contributed by atoms with Crippen LogP contribution in [0.1, 0.15) is 20.3 Å². The van der Waals surface area contributed by atoms with Gasteiger partial charge in [0.05, 0.1) is 12.7 Å². The summed E-state index contributed by atoms with van der Waals surface area (Å²) in [5.41, 5.74) is 5.54. The molecule has 1 unspecified atom stereocenters. The SMILES string of the molecule is CC1(C)OC(N)(CC(O)CO)O1. The van der Waals surface area contributed by atoms with Gasteiger partial charge in [0.2, 0.25) is 5.91 Å². The molecule has 0 bridgehead atoms. The lowest BCUT2D eigenvalue weighted by molar-refractivity contribution is -0.500. The molecule has 12 heavy (non-hydrogen) atoms. The first-order valence-electron chi connectivity index (χ1n) is 3.85. The van der Waals surface area contributed by atoms with Crippen molar-refractivity contribution in [1.82, 2.24) is 0 Å². The molecule has 0 saturated carbocycles. The Bertz CT molecular complexity index is 163. The fourth-order valence-electron chi connectivity index (χ4n) is 1.32. The van der Waals surface area contributed by atoms with E-state index < -0.39 is 17.8 Å². The van der Waals surface area contributed by atoms with Crippen molar-refractivity contribution >= 4 is 0 Å². The van der Waals surface area contributed by atoms with Crippen LogP contribution in [0.3, 0.4) is 0 Å². The van der Waals surface area contributed by atoms with Crippen molar-refractivity contribution < 1.29 is 19.7 Å². The minimum Gasteiger partial charge on any atom is -0.394 e. The van der Waals surface area contributed by atoms with Crippen molar-refractivity contribution in [2.45, 2.75) is 38.1 Å². The van der Waals surface area contributed by atoms with E-state index in [0.717, 1.165) is 0 Å². The fourth-order valence-corrected chi connectivity index (χ4v) is 1.32. The maximum Gasteiger partial charge on any atom is 0.232 e. The zero-order valence-electron chi connectivity index (χ0n) is 7.28. The third kappa shape index (κ3) is 2.15. The molecule has 0 aliphatic carbocycles. The van der Waals surface area contributed by atoms with Gasteiger partial charge in [-0.15, -0.1) is 0 Å². The lowest BCUT2D eigenvalue weighted by Gasteiger charge is -2.50. The zero-order chi connectivity index (χ0) is 9.41. The molecular formula is C7H15NO4.